The fraction of sp³-hybridized carbons (Fsp3) is 0.893. The molecule has 5 rings (SSSR count). The van der Waals surface area contributed by atoms with Gasteiger partial charge in [0.15, 0.2) is 5.78 Å². The summed E-state index contributed by atoms with van der Waals surface area (Å²) in [5.41, 5.74) is -0.145. The number of aromatic nitrogens is 3. The molecule has 4 fully saturated rings. The zero-order chi connectivity index (χ0) is 24.0. The molecule has 1 aromatic rings. The van der Waals surface area contributed by atoms with Crippen LogP contribution in [-0.4, -0.2) is 44.7 Å². The first-order chi connectivity index (χ1) is 16.4. The van der Waals surface area contributed by atoms with Crippen LogP contribution >= 0.6 is 0 Å². The van der Waals surface area contributed by atoms with Crippen LogP contribution in [0.2, 0.25) is 0 Å². The lowest BCUT2D eigenvalue weighted by atomic mass is 9.42. The largest absolute Gasteiger partial charge is 0.387 e. The van der Waals surface area contributed by atoms with Crippen LogP contribution in [0.3, 0.4) is 0 Å². The van der Waals surface area contributed by atoms with E-state index in [4.69, 9.17) is 4.74 Å². The molecule has 190 valence electrons. The van der Waals surface area contributed by atoms with E-state index < -0.39 is 5.60 Å². The highest BCUT2D eigenvalue weighted by atomic mass is 16.5. The van der Waals surface area contributed by atoms with Gasteiger partial charge < -0.3 is 9.84 Å². The molecule has 1 aromatic heterocycles. The summed E-state index contributed by atoms with van der Waals surface area (Å²) in [4.78, 5) is 14.9. The molecule has 4 saturated carbocycles. The first-order valence-electron chi connectivity index (χ1n) is 14.0. The maximum absolute atomic E-state index is 13.3. The lowest BCUT2D eigenvalue weighted by Gasteiger charge is -2.63. The molecule has 4 aliphatic rings. The number of rotatable bonds is 8. The van der Waals surface area contributed by atoms with Crippen LogP contribution in [0, 0.1) is 40.4 Å². The minimum Gasteiger partial charge on any atom is -0.387 e. The highest BCUT2D eigenvalue weighted by Gasteiger charge is 2.63. The van der Waals surface area contributed by atoms with E-state index in [-0.39, 0.29) is 11.3 Å². The predicted octanol–water partition coefficient (Wildman–Crippen LogP) is 5.05. The fourth-order valence-electron chi connectivity index (χ4n) is 9.62. The van der Waals surface area contributed by atoms with Gasteiger partial charge >= 0.3 is 0 Å². The summed E-state index contributed by atoms with van der Waals surface area (Å²) in [5, 5.41) is 19.7. The Kier molecular flexibility index (Phi) is 6.69. The second kappa shape index (κ2) is 9.31. The Labute approximate surface area is 205 Å². The minimum atomic E-state index is -0.640. The molecule has 8 atom stereocenters. The van der Waals surface area contributed by atoms with Crippen molar-refractivity contribution in [2.75, 3.05) is 13.2 Å². The van der Waals surface area contributed by atoms with Gasteiger partial charge in [0.1, 0.15) is 6.54 Å². The number of hydrogen-bond donors (Lipinski definition) is 1. The number of carbonyl (C=O) groups excluding carboxylic acids is 1. The fourth-order valence-corrected chi connectivity index (χ4v) is 9.62. The van der Waals surface area contributed by atoms with Crippen LogP contribution in [-0.2, 0) is 16.1 Å². The zero-order valence-electron chi connectivity index (χ0n) is 21.5. The van der Waals surface area contributed by atoms with Gasteiger partial charge in [0.25, 0.3) is 0 Å². The van der Waals surface area contributed by atoms with Crippen molar-refractivity contribution in [1.82, 2.24) is 15.0 Å². The number of ketones is 1. The molecule has 0 unspecified atom stereocenters. The molecule has 0 aromatic carbocycles. The van der Waals surface area contributed by atoms with Gasteiger partial charge in [-0.25, -0.2) is 0 Å². The number of fused-ring (bicyclic) bond motifs is 5. The molecule has 4 aliphatic carbocycles. The summed E-state index contributed by atoms with van der Waals surface area (Å²) < 4.78 is 5.70. The summed E-state index contributed by atoms with van der Waals surface area (Å²) >= 11 is 0. The Hall–Kier alpha value is -1.27. The third-order valence-electron chi connectivity index (χ3n) is 11.0. The van der Waals surface area contributed by atoms with Crippen LogP contribution < -0.4 is 0 Å². The highest BCUT2D eigenvalue weighted by Crippen LogP contribution is 2.69. The summed E-state index contributed by atoms with van der Waals surface area (Å²) in [6.07, 6.45) is 15.9. The van der Waals surface area contributed by atoms with Gasteiger partial charge in [0.2, 0.25) is 0 Å². The van der Waals surface area contributed by atoms with Gasteiger partial charge in [0, 0.05) is 12.5 Å². The van der Waals surface area contributed by atoms with Crippen molar-refractivity contribution in [3.8, 4) is 0 Å². The van der Waals surface area contributed by atoms with Crippen LogP contribution in [0.25, 0.3) is 0 Å². The highest BCUT2D eigenvalue weighted by molar-refractivity contribution is 5.82. The summed E-state index contributed by atoms with van der Waals surface area (Å²) in [7, 11) is 0. The Morgan fingerprint density at radius 2 is 1.85 bits per heavy atom. The molecule has 0 spiro atoms. The van der Waals surface area contributed by atoms with E-state index in [0.717, 1.165) is 37.5 Å². The SMILES string of the molecule is CCC[C@]12CC[C@](O)(COCC)C[C@H]1CC[C@H]1[C@@H]3CC[C@H](C(=O)Cn4nccn4)[C@@]3(C)CC[C@@H]12. The first kappa shape index (κ1) is 24.4. The summed E-state index contributed by atoms with van der Waals surface area (Å²) in [6, 6.07) is 0. The molecule has 0 bridgehead atoms. The van der Waals surface area contributed by atoms with Crippen molar-refractivity contribution < 1.29 is 14.6 Å². The summed E-state index contributed by atoms with van der Waals surface area (Å²) in [5.74, 6) is 3.23. The average molecular weight is 472 g/mol. The average Bonchev–Trinajstić information content (AvgIpc) is 3.45. The third kappa shape index (κ3) is 3.97. The molecule has 0 radical (unpaired) electrons. The van der Waals surface area contributed by atoms with Crippen molar-refractivity contribution in [2.45, 2.75) is 104 Å². The molecule has 6 nitrogen and oxygen atoms in total. The molecule has 34 heavy (non-hydrogen) atoms. The van der Waals surface area contributed by atoms with E-state index in [1.807, 2.05) is 6.92 Å². The molecule has 1 N–H and O–H groups in total. The van der Waals surface area contributed by atoms with E-state index in [1.165, 1.54) is 44.9 Å². The minimum absolute atomic E-state index is 0.121. The zero-order valence-corrected chi connectivity index (χ0v) is 21.5. The predicted molar refractivity (Wildman–Crippen MR) is 131 cm³/mol. The van der Waals surface area contributed by atoms with Gasteiger partial charge in [-0.2, -0.15) is 15.0 Å². The summed E-state index contributed by atoms with van der Waals surface area (Å²) in [6.45, 7) is 8.27. The Morgan fingerprint density at radius 3 is 2.59 bits per heavy atom. The molecule has 0 aliphatic heterocycles. The van der Waals surface area contributed by atoms with Gasteiger partial charge in [-0.3, -0.25) is 4.79 Å². The molecule has 0 amide bonds. The lowest BCUT2D eigenvalue weighted by molar-refractivity contribution is -0.175. The monoisotopic (exact) mass is 471 g/mol. The Bertz CT molecular complexity index is 859. The second-order valence-electron chi connectivity index (χ2n) is 12.4. The number of Topliss-reactive ketones (excluding diaryl/α,β-unsaturated/α-hetero) is 1. The van der Waals surface area contributed by atoms with Crippen LogP contribution in [0.15, 0.2) is 12.4 Å². The van der Waals surface area contributed by atoms with Gasteiger partial charge in [-0.05, 0) is 106 Å². The Balaban J connectivity index is 1.35. The number of hydrogen-bond acceptors (Lipinski definition) is 5. The number of nitrogens with zero attached hydrogens (tertiary/aromatic N) is 3. The van der Waals surface area contributed by atoms with E-state index in [9.17, 15) is 9.90 Å². The third-order valence-corrected chi connectivity index (χ3v) is 11.0. The molecular weight excluding hydrogens is 426 g/mol. The van der Waals surface area contributed by atoms with Crippen molar-refractivity contribution in [3.63, 3.8) is 0 Å². The van der Waals surface area contributed by atoms with E-state index in [0.29, 0.717) is 42.8 Å². The number of aliphatic hydroxyl groups is 1. The van der Waals surface area contributed by atoms with Crippen molar-refractivity contribution in [2.24, 2.45) is 40.4 Å². The quantitative estimate of drug-likeness (QED) is 0.574. The normalized spacial score (nSPS) is 43.7. The Morgan fingerprint density at radius 1 is 1.06 bits per heavy atom. The van der Waals surface area contributed by atoms with Crippen molar-refractivity contribution in [1.29, 1.82) is 0 Å². The van der Waals surface area contributed by atoms with E-state index in [2.05, 4.69) is 24.0 Å². The smallest absolute Gasteiger partial charge is 0.159 e. The van der Waals surface area contributed by atoms with Gasteiger partial charge in [-0.1, -0.05) is 20.3 Å². The maximum atomic E-state index is 13.3. The lowest BCUT2D eigenvalue weighted by Crippen LogP contribution is -2.58. The van der Waals surface area contributed by atoms with Gasteiger partial charge in [-0.15, -0.1) is 0 Å². The topological polar surface area (TPSA) is 77.2 Å². The molecule has 0 saturated heterocycles. The van der Waals surface area contributed by atoms with Crippen molar-refractivity contribution in [3.05, 3.63) is 12.4 Å². The second-order valence-corrected chi connectivity index (χ2v) is 12.4. The van der Waals surface area contributed by atoms with E-state index in [1.54, 1.807) is 17.2 Å². The van der Waals surface area contributed by atoms with E-state index >= 15 is 0 Å². The first-order valence-corrected chi connectivity index (χ1v) is 14.0. The van der Waals surface area contributed by atoms with Crippen LogP contribution in [0.1, 0.15) is 91.4 Å². The van der Waals surface area contributed by atoms with Crippen molar-refractivity contribution >= 4 is 5.78 Å². The van der Waals surface area contributed by atoms with Crippen LogP contribution in [0.5, 0.6) is 0 Å². The standard InChI is InChI=1S/C28H45N3O3/c1-4-11-28-14-13-27(33,19-34-5-2)17-20(28)6-7-21-22-8-9-24(26(22,3)12-10-23(21)28)25(32)18-31-29-15-16-30-31/h15-16,20-24,33H,4-14,17-19H2,1-3H3/t20-,21+,22+,23+,24-,26+,27-,28+/m1/s1. The molecule has 6 heteroatoms. The number of ether oxygens (including phenoxy) is 1. The molecular formula is C28H45N3O3. The van der Waals surface area contributed by atoms with Crippen LogP contribution in [0.4, 0.5) is 0 Å². The number of carbonyl (C=O) groups is 1. The molecule has 1 heterocycles. The maximum Gasteiger partial charge on any atom is 0.159 e. The van der Waals surface area contributed by atoms with Gasteiger partial charge in [0.05, 0.1) is 24.6 Å².